The number of rotatable bonds is 6. The Labute approximate surface area is 156 Å². The molecule has 0 aliphatic rings. The van der Waals surface area contributed by atoms with Gasteiger partial charge < -0.3 is 24.5 Å². The predicted molar refractivity (Wildman–Crippen MR) is 101 cm³/mol. The molecule has 0 unspecified atom stereocenters. The van der Waals surface area contributed by atoms with E-state index in [2.05, 4.69) is 16.4 Å². The van der Waals surface area contributed by atoms with Crippen LogP contribution >= 0.6 is 0 Å². The van der Waals surface area contributed by atoms with Gasteiger partial charge in [-0.1, -0.05) is 12.1 Å². The van der Waals surface area contributed by atoms with Crippen LogP contribution in [0.1, 0.15) is 11.1 Å². The highest BCUT2D eigenvalue weighted by atomic mass is 16.5. The molecule has 0 aliphatic heterocycles. The highest BCUT2D eigenvalue weighted by molar-refractivity contribution is 5.99. The van der Waals surface area contributed by atoms with Gasteiger partial charge >= 0.3 is 0 Å². The Morgan fingerprint density at radius 1 is 1.15 bits per heavy atom. The molecule has 2 N–H and O–H groups in total. The Hall–Kier alpha value is -3.66. The summed E-state index contributed by atoms with van der Waals surface area (Å²) in [5.74, 6) is 1.25. The smallest absolute Gasteiger partial charge is 0.228 e. The van der Waals surface area contributed by atoms with E-state index < -0.39 is 0 Å². The van der Waals surface area contributed by atoms with Crippen LogP contribution in [-0.4, -0.2) is 32.2 Å². The Morgan fingerprint density at radius 2 is 1.89 bits per heavy atom. The first-order valence-corrected chi connectivity index (χ1v) is 8.20. The van der Waals surface area contributed by atoms with E-state index in [1.54, 1.807) is 43.6 Å². The van der Waals surface area contributed by atoms with Crippen molar-refractivity contribution in [3.8, 4) is 23.3 Å². The molecule has 7 heteroatoms. The van der Waals surface area contributed by atoms with Crippen LogP contribution in [0.2, 0.25) is 0 Å². The molecule has 0 spiro atoms. The molecule has 0 atom stereocenters. The zero-order valence-corrected chi connectivity index (χ0v) is 15.3. The van der Waals surface area contributed by atoms with Crippen LogP contribution in [0.3, 0.4) is 0 Å². The Bertz CT molecular complexity index is 1030. The van der Waals surface area contributed by atoms with Crippen molar-refractivity contribution in [2.75, 3.05) is 26.6 Å². The molecule has 138 valence electrons. The van der Waals surface area contributed by atoms with Gasteiger partial charge in [0.05, 0.1) is 44.5 Å². The van der Waals surface area contributed by atoms with Crippen LogP contribution in [0, 0.1) is 11.3 Å². The number of carbonyl (C=O) groups excluding carboxylic acids is 1. The fraction of sp³-hybridized carbons (Fsp3) is 0.200. The molecule has 1 amide bonds. The summed E-state index contributed by atoms with van der Waals surface area (Å²) in [6.07, 6.45) is 1.85. The summed E-state index contributed by atoms with van der Waals surface area (Å²) >= 11 is 0. The summed E-state index contributed by atoms with van der Waals surface area (Å²) < 4.78 is 16.3. The highest BCUT2D eigenvalue weighted by Crippen LogP contribution is 2.44. The highest BCUT2D eigenvalue weighted by Gasteiger charge is 2.21. The molecule has 0 radical (unpaired) electrons. The van der Waals surface area contributed by atoms with Crippen LogP contribution in [0.15, 0.2) is 36.5 Å². The number of carbonyl (C=O) groups is 1. The molecule has 0 saturated heterocycles. The van der Waals surface area contributed by atoms with Crippen LogP contribution in [0.25, 0.3) is 10.9 Å². The van der Waals surface area contributed by atoms with Crippen molar-refractivity contribution in [2.24, 2.45) is 0 Å². The van der Waals surface area contributed by atoms with Crippen LogP contribution in [0.4, 0.5) is 5.69 Å². The summed E-state index contributed by atoms with van der Waals surface area (Å²) in [7, 11) is 4.62. The number of fused-ring (bicyclic) bond motifs is 1. The van der Waals surface area contributed by atoms with E-state index in [-0.39, 0.29) is 12.3 Å². The number of methoxy groups -OCH3 is 3. The number of para-hydroxylation sites is 1. The van der Waals surface area contributed by atoms with E-state index in [0.717, 1.165) is 16.5 Å². The largest absolute Gasteiger partial charge is 0.493 e. The quantitative estimate of drug-likeness (QED) is 0.699. The van der Waals surface area contributed by atoms with Gasteiger partial charge in [-0.25, -0.2) is 0 Å². The fourth-order valence-electron chi connectivity index (χ4n) is 3.02. The minimum Gasteiger partial charge on any atom is -0.493 e. The lowest BCUT2D eigenvalue weighted by molar-refractivity contribution is -0.115. The van der Waals surface area contributed by atoms with Crippen molar-refractivity contribution in [3.63, 3.8) is 0 Å². The average molecular weight is 365 g/mol. The Kier molecular flexibility index (Phi) is 5.18. The Morgan fingerprint density at radius 3 is 2.56 bits per heavy atom. The number of anilines is 1. The summed E-state index contributed by atoms with van der Waals surface area (Å²) in [6.45, 7) is 0. The number of hydrogen-bond donors (Lipinski definition) is 2. The van der Waals surface area contributed by atoms with Crippen LogP contribution in [0.5, 0.6) is 17.2 Å². The van der Waals surface area contributed by atoms with Gasteiger partial charge in [-0.2, -0.15) is 5.26 Å². The van der Waals surface area contributed by atoms with Gasteiger partial charge in [0.2, 0.25) is 11.7 Å². The molecule has 0 fully saturated rings. The summed E-state index contributed by atoms with van der Waals surface area (Å²) in [5.41, 5.74) is 2.41. The molecule has 27 heavy (non-hydrogen) atoms. The molecule has 0 saturated carbocycles. The van der Waals surface area contributed by atoms with Crippen LogP contribution < -0.4 is 19.5 Å². The molecule has 3 rings (SSSR count). The third-order valence-electron chi connectivity index (χ3n) is 4.23. The van der Waals surface area contributed by atoms with Crippen molar-refractivity contribution in [3.05, 3.63) is 47.7 Å². The standard InChI is InChI=1S/C20H19N3O4/c1-25-16-9-15-18(20(27-3)19(16)26-2)13(11-22-15)8-17(24)23-14-7-5-4-6-12(14)10-21/h4-7,9,11,22H,8H2,1-3H3,(H,23,24). The number of benzene rings is 2. The normalized spacial score (nSPS) is 10.3. The number of hydrogen-bond acceptors (Lipinski definition) is 5. The topological polar surface area (TPSA) is 96.4 Å². The lowest BCUT2D eigenvalue weighted by atomic mass is 10.1. The van der Waals surface area contributed by atoms with E-state index in [1.165, 1.54) is 14.2 Å². The summed E-state index contributed by atoms with van der Waals surface area (Å²) in [4.78, 5) is 15.7. The predicted octanol–water partition coefficient (Wildman–Crippen LogP) is 3.25. The molecule has 0 bridgehead atoms. The van der Waals surface area contributed by atoms with Gasteiger partial charge in [-0.05, 0) is 17.7 Å². The zero-order chi connectivity index (χ0) is 19.4. The van der Waals surface area contributed by atoms with E-state index in [1.807, 2.05) is 0 Å². The number of nitriles is 1. The van der Waals surface area contributed by atoms with Gasteiger partial charge in [-0.15, -0.1) is 0 Å². The van der Waals surface area contributed by atoms with E-state index in [0.29, 0.717) is 28.5 Å². The lowest BCUT2D eigenvalue weighted by Gasteiger charge is -2.14. The molecule has 7 nitrogen and oxygen atoms in total. The van der Waals surface area contributed by atoms with Crippen molar-refractivity contribution < 1.29 is 19.0 Å². The first-order chi connectivity index (χ1) is 13.1. The zero-order valence-electron chi connectivity index (χ0n) is 15.3. The number of nitrogens with zero attached hydrogens (tertiary/aromatic N) is 1. The average Bonchev–Trinajstić information content (AvgIpc) is 3.08. The minimum absolute atomic E-state index is 0.103. The van der Waals surface area contributed by atoms with Gasteiger partial charge in [0.1, 0.15) is 6.07 Å². The second-order valence-corrected chi connectivity index (χ2v) is 5.76. The maximum absolute atomic E-state index is 12.5. The fourth-order valence-corrected chi connectivity index (χ4v) is 3.02. The number of ether oxygens (including phenoxy) is 3. The third-order valence-corrected chi connectivity index (χ3v) is 4.23. The first kappa shape index (κ1) is 18.1. The van der Waals surface area contributed by atoms with Gasteiger partial charge in [0.25, 0.3) is 0 Å². The van der Waals surface area contributed by atoms with Gasteiger partial charge in [-0.3, -0.25) is 4.79 Å². The summed E-state index contributed by atoms with van der Waals surface area (Å²) in [6, 6.07) is 10.7. The van der Waals surface area contributed by atoms with Gasteiger partial charge in [0.15, 0.2) is 11.5 Å². The van der Waals surface area contributed by atoms with E-state index in [9.17, 15) is 4.79 Å². The molecular formula is C20H19N3O4. The second kappa shape index (κ2) is 7.70. The minimum atomic E-state index is -0.240. The number of aromatic amines is 1. The molecule has 3 aromatic rings. The van der Waals surface area contributed by atoms with E-state index in [4.69, 9.17) is 19.5 Å². The van der Waals surface area contributed by atoms with Crippen molar-refractivity contribution in [2.45, 2.75) is 6.42 Å². The van der Waals surface area contributed by atoms with Crippen LogP contribution in [-0.2, 0) is 11.2 Å². The molecular weight excluding hydrogens is 346 g/mol. The molecule has 1 aromatic heterocycles. The maximum Gasteiger partial charge on any atom is 0.228 e. The van der Waals surface area contributed by atoms with Gasteiger partial charge in [0, 0.05) is 17.6 Å². The maximum atomic E-state index is 12.5. The number of nitrogens with one attached hydrogen (secondary N) is 2. The molecule has 0 aliphatic carbocycles. The third kappa shape index (κ3) is 3.37. The number of amides is 1. The van der Waals surface area contributed by atoms with Crippen molar-refractivity contribution >= 4 is 22.5 Å². The van der Waals surface area contributed by atoms with E-state index >= 15 is 0 Å². The molecule has 1 heterocycles. The second-order valence-electron chi connectivity index (χ2n) is 5.76. The SMILES string of the molecule is COc1cc2[nH]cc(CC(=O)Nc3ccccc3C#N)c2c(OC)c1OC. The number of aromatic nitrogens is 1. The molecule has 2 aromatic carbocycles. The lowest BCUT2D eigenvalue weighted by Crippen LogP contribution is -2.15. The Balaban J connectivity index is 1.96. The van der Waals surface area contributed by atoms with Crippen molar-refractivity contribution in [1.29, 1.82) is 5.26 Å². The van der Waals surface area contributed by atoms with Crippen molar-refractivity contribution in [1.82, 2.24) is 4.98 Å². The summed E-state index contributed by atoms with van der Waals surface area (Å²) in [5, 5.41) is 12.7. The monoisotopic (exact) mass is 365 g/mol. The number of H-pyrrole nitrogens is 1. The first-order valence-electron chi connectivity index (χ1n) is 8.20.